The monoisotopic (exact) mass is 199 g/mol. The zero-order valence-corrected chi connectivity index (χ0v) is 9.67. The van der Waals surface area contributed by atoms with Crippen LogP contribution in [-0.2, 0) is 9.47 Å². The van der Waals surface area contributed by atoms with E-state index in [1.165, 1.54) is 13.0 Å². The number of likely N-dealkylation sites (tertiary alicyclic amines) is 1. The first-order valence-electron chi connectivity index (χ1n) is 5.45. The molecule has 0 spiro atoms. The molecule has 0 N–H and O–H groups in total. The predicted octanol–water partition coefficient (Wildman–Crippen LogP) is 1.62. The number of nitrogens with zero attached hydrogens (tertiary/aromatic N) is 1. The molecule has 0 aliphatic carbocycles. The van der Waals surface area contributed by atoms with Gasteiger partial charge in [-0.15, -0.1) is 0 Å². The van der Waals surface area contributed by atoms with Crippen molar-refractivity contribution < 1.29 is 9.47 Å². The van der Waals surface area contributed by atoms with Gasteiger partial charge in [0.1, 0.15) is 0 Å². The Morgan fingerprint density at radius 2 is 1.64 bits per heavy atom. The van der Waals surface area contributed by atoms with Crippen molar-refractivity contribution >= 4 is 0 Å². The molecule has 2 saturated heterocycles. The molecule has 0 amide bonds. The first kappa shape index (κ1) is 10.4. The van der Waals surface area contributed by atoms with Crippen LogP contribution in [0.25, 0.3) is 0 Å². The molecule has 0 radical (unpaired) electrons. The maximum Gasteiger partial charge on any atom is 0.162 e. The van der Waals surface area contributed by atoms with Crippen LogP contribution in [0.3, 0.4) is 0 Å². The third kappa shape index (κ3) is 1.81. The highest BCUT2D eigenvalue weighted by molar-refractivity contribution is 4.96. The highest BCUT2D eigenvalue weighted by atomic mass is 16.7. The topological polar surface area (TPSA) is 21.7 Å². The SMILES string of the molecule is CC1(C)OCC(N2CCC2(C)C)CO1. The summed E-state index contributed by atoms with van der Waals surface area (Å²) in [7, 11) is 0. The lowest BCUT2D eigenvalue weighted by molar-refractivity contribution is -0.274. The third-order valence-corrected chi connectivity index (χ3v) is 3.43. The van der Waals surface area contributed by atoms with E-state index in [1.807, 2.05) is 13.8 Å². The van der Waals surface area contributed by atoms with Crippen LogP contribution in [0.1, 0.15) is 34.1 Å². The second kappa shape index (κ2) is 3.19. The van der Waals surface area contributed by atoms with E-state index in [2.05, 4.69) is 18.7 Å². The maximum absolute atomic E-state index is 5.66. The Morgan fingerprint density at radius 1 is 1.07 bits per heavy atom. The summed E-state index contributed by atoms with van der Waals surface area (Å²) in [6.45, 7) is 11.3. The molecule has 2 heterocycles. The molecule has 0 bridgehead atoms. The fourth-order valence-electron chi connectivity index (χ4n) is 2.23. The van der Waals surface area contributed by atoms with Gasteiger partial charge in [0.05, 0.1) is 19.3 Å². The molecular weight excluding hydrogens is 178 g/mol. The number of hydrogen-bond acceptors (Lipinski definition) is 3. The Balaban J connectivity index is 1.90. The Hall–Kier alpha value is -0.120. The lowest BCUT2D eigenvalue weighted by Crippen LogP contribution is -2.64. The molecule has 3 nitrogen and oxygen atoms in total. The first-order valence-corrected chi connectivity index (χ1v) is 5.45. The Kier molecular flexibility index (Phi) is 2.37. The lowest BCUT2D eigenvalue weighted by atomic mass is 9.87. The van der Waals surface area contributed by atoms with E-state index >= 15 is 0 Å². The third-order valence-electron chi connectivity index (χ3n) is 3.43. The van der Waals surface area contributed by atoms with E-state index in [0.29, 0.717) is 11.6 Å². The fraction of sp³-hybridized carbons (Fsp3) is 1.00. The van der Waals surface area contributed by atoms with Crippen molar-refractivity contribution in [2.45, 2.75) is 51.5 Å². The summed E-state index contributed by atoms with van der Waals surface area (Å²) < 4.78 is 11.3. The van der Waals surface area contributed by atoms with Gasteiger partial charge in [0, 0.05) is 12.1 Å². The van der Waals surface area contributed by atoms with E-state index in [1.54, 1.807) is 0 Å². The summed E-state index contributed by atoms with van der Waals surface area (Å²) in [5.41, 5.74) is 0.346. The van der Waals surface area contributed by atoms with Gasteiger partial charge < -0.3 is 9.47 Å². The molecule has 3 heteroatoms. The first-order chi connectivity index (χ1) is 6.41. The standard InChI is InChI=1S/C11H21NO2/c1-10(2)5-6-12(10)9-7-13-11(3,4)14-8-9/h9H,5-8H2,1-4H3. The average molecular weight is 199 g/mol. The van der Waals surface area contributed by atoms with E-state index in [4.69, 9.17) is 9.47 Å². The second-order valence-corrected chi connectivity index (χ2v) is 5.43. The lowest BCUT2D eigenvalue weighted by Gasteiger charge is -2.54. The smallest absolute Gasteiger partial charge is 0.162 e. The van der Waals surface area contributed by atoms with Gasteiger partial charge in [0.25, 0.3) is 0 Å². The van der Waals surface area contributed by atoms with Crippen LogP contribution in [0.15, 0.2) is 0 Å². The van der Waals surface area contributed by atoms with Crippen LogP contribution >= 0.6 is 0 Å². The van der Waals surface area contributed by atoms with Crippen molar-refractivity contribution in [3.63, 3.8) is 0 Å². The molecule has 0 saturated carbocycles. The van der Waals surface area contributed by atoms with Crippen LogP contribution in [0, 0.1) is 0 Å². The molecule has 0 aromatic carbocycles. The Labute approximate surface area is 86.4 Å². The summed E-state index contributed by atoms with van der Waals surface area (Å²) in [6.07, 6.45) is 1.28. The van der Waals surface area contributed by atoms with Gasteiger partial charge in [-0.2, -0.15) is 0 Å². The molecule has 0 unspecified atom stereocenters. The Bertz CT molecular complexity index is 215. The van der Waals surface area contributed by atoms with Gasteiger partial charge in [0.2, 0.25) is 0 Å². The second-order valence-electron chi connectivity index (χ2n) is 5.43. The minimum Gasteiger partial charge on any atom is -0.349 e. The minimum atomic E-state index is -0.383. The van der Waals surface area contributed by atoms with Gasteiger partial charge in [-0.3, -0.25) is 4.90 Å². The molecular formula is C11H21NO2. The van der Waals surface area contributed by atoms with Crippen LogP contribution in [0.4, 0.5) is 0 Å². The normalized spacial score (nSPS) is 32.6. The zero-order chi connectivity index (χ0) is 10.4. The molecule has 0 aromatic rings. The van der Waals surface area contributed by atoms with Crippen molar-refractivity contribution in [1.82, 2.24) is 4.90 Å². The van der Waals surface area contributed by atoms with Crippen molar-refractivity contribution in [1.29, 1.82) is 0 Å². The van der Waals surface area contributed by atoms with E-state index in [-0.39, 0.29) is 5.79 Å². The summed E-state index contributed by atoms with van der Waals surface area (Å²) in [4.78, 5) is 2.49. The van der Waals surface area contributed by atoms with Gasteiger partial charge in [-0.1, -0.05) is 0 Å². The van der Waals surface area contributed by atoms with Gasteiger partial charge in [0.15, 0.2) is 5.79 Å². The van der Waals surface area contributed by atoms with Crippen LogP contribution in [-0.4, -0.2) is 42.0 Å². The molecule has 0 atom stereocenters. The summed E-state index contributed by atoms with van der Waals surface area (Å²) >= 11 is 0. The quantitative estimate of drug-likeness (QED) is 0.640. The largest absolute Gasteiger partial charge is 0.349 e. The molecule has 2 aliphatic rings. The van der Waals surface area contributed by atoms with Crippen molar-refractivity contribution in [2.75, 3.05) is 19.8 Å². The maximum atomic E-state index is 5.66. The Morgan fingerprint density at radius 3 is 2.00 bits per heavy atom. The fourth-order valence-corrected chi connectivity index (χ4v) is 2.23. The molecule has 14 heavy (non-hydrogen) atoms. The van der Waals surface area contributed by atoms with Gasteiger partial charge >= 0.3 is 0 Å². The number of hydrogen-bond donors (Lipinski definition) is 0. The number of ether oxygens (including phenoxy) is 2. The van der Waals surface area contributed by atoms with Crippen LogP contribution in [0.2, 0.25) is 0 Å². The van der Waals surface area contributed by atoms with Crippen molar-refractivity contribution in [3.05, 3.63) is 0 Å². The van der Waals surface area contributed by atoms with Gasteiger partial charge in [-0.05, 0) is 34.1 Å². The molecule has 82 valence electrons. The van der Waals surface area contributed by atoms with E-state index < -0.39 is 0 Å². The van der Waals surface area contributed by atoms with Crippen LogP contribution in [0.5, 0.6) is 0 Å². The van der Waals surface area contributed by atoms with Crippen LogP contribution < -0.4 is 0 Å². The summed E-state index contributed by atoms with van der Waals surface area (Å²) in [5.74, 6) is -0.383. The molecule has 2 rings (SSSR count). The van der Waals surface area contributed by atoms with E-state index in [0.717, 1.165) is 13.2 Å². The average Bonchev–Trinajstić information content (AvgIpc) is 2.07. The highest BCUT2D eigenvalue weighted by Gasteiger charge is 2.43. The molecule has 2 aliphatic heterocycles. The van der Waals surface area contributed by atoms with Gasteiger partial charge in [-0.25, -0.2) is 0 Å². The van der Waals surface area contributed by atoms with Crippen molar-refractivity contribution in [2.24, 2.45) is 0 Å². The minimum absolute atomic E-state index is 0.346. The predicted molar refractivity (Wildman–Crippen MR) is 55.2 cm³/mol. The summed E-state index contributed by atoms with van der Waals surface area (Å²) in [5, 5.41) is 0. The summed E-state index contributed by atoms with van der Waals surface area (Å²) in [6, 6.07) is 0.451. The van der Waals surface area contributed by atoms with E-state index in [9.17, 15) is 0 Å². The molecule has 0 aromatic heterocycles. The molecule has 2 fully saturated rings. The number of rotatable bonds is 1. The highest BCUT2D eigenvalue weighted by Crippen LogP contribution is 2.33. The zero-order valence-electron chi connectivity index (χ0n) is 9.67. The van der Waals surface area contributed by atoms with Crippen molar-refractivity contribution in [3.8, 4) is 0 Å².